The molecule has 1 aliphatic heterocycles. The van der Waals surface area contributed by atoms with Crippen LogP contribution in [-0.2, 0) is 11.3 Å². The van der Waals surface area contributed by atoms with Crippen LogP contribution in [0, 0.1) is 5.82 Å². The van der Waals surface area contributed by atoms with Gasteiger partial charge in [-0.05, 0) is 43.3 Å². The number of phenolic OH excluding ortho intramolecular Hbond substituents is 1. The van der Waals surface area contributed by atoms with Crippen molar-refractivity contribution in [3.8, 4) is 28.4 Å². The zero-order chi connectivity index (χ0) is 28.8. The lowest BCUT2D eigenvalue weighted by molar-refractivity contribution is 0.0360. The highest BCUT2D eigenvalue weighted by Gasteiger charge is 2.26. The van der Waals surface area contributed by atoms with E-state index >= 15 is 0 Å². The number of halogens is 1. The number of pyridine rings is 1. The zero-order valence-corrected chi connectivity index (χ0v) is 23.1. The van der Waals surface area contributed by atoms with Gasteiger partial charge in [-0.2, -0.15) is 10.2 Å². The number of ether oxygens (including phenoxy) is 1. The fourth-order valence-corrected chi connectivity index (χ4v) is 5.73. The van der Waals surface area contributed by atoms with Gasteiger partial charge in [0.2, 0.25) is 0 Å². The number of phenols is 1. The van der Waals surface area contributed by atoms with Crippen LogP contribution in [0.5, 0.6) is 5.75 Å². The van der Waals surface area contributed by atoms with Gasteiger partial charge in [0.15, 0.2) is 5.65 Å². The molecule has 42 heavy (non-hydrogen) atoms. The van der Waals surface area contributed by atoms with Crippen molar-refractivity contribution in [1.29, 1.82) is 0 Å². The van der Waals surface area contributed by atoms with Gasteiger partial charge in [-0.15, -0.1) is 0 Å². The third-order valence-corrected chi connectivity index (χ3v) is 7.83. The third-order valence-electron chi connectivity index (χ3n) is 7.83. The van der Waals surface area contributed by atoms with Crippen molar-refractivity contribution in [2.24, 2.45) is 0 Å². The molecule has 1 unspecified atom stereocenters. The molecule has 0 saturated carbocycles. The number of benzene rings is 1. The second kappa shape index (κ2) is 10.5. The molecule has 1 aliphatic rings. The zero-order valence-electron chi connectivity index (χ0n) is 23.1. The fraction of sp³-hybridized carbons (Fsp3) is 0.267. The van der Waals surface area contributed by atoms with Crippen LogP contribution in [0.15, 0.2) is 67.3 Å². The standard InChI is InChI=1S/C30H30FN9O2/c1-19(40-30-26(29(32)33-18-34-30)27(36-40)20-14-21(31)16-23(41)15-20)24-17-22-4-2-3-6-39(22)28(24)25-5-7-38(35-25)9-8-37-10-12-42-13-11-37/h2-7,14-19,41H,8-13H2,1H3,(H2,32,33,34). The normalized spacial score (nSPS) is 15.1. The minimum absolute atomic E-state index is 0.207. The highest BCUT2D eigenvalue weighted by Crippen LogP contribution is 2.38. The number of morpholine rings is 1. The highest BCUT2D eigenvalue weighted by atomic mass is 19.1. The summed E-state index contributed by atoms with van der Waals surface area (Å²) in [6.07, 6.45) is 5.43. The Morgan fingerprint density at radius 2 is 1.88 bits per heavy atom. The fourth-order valence-electron chi connectivity index (χ4n) is 5.73. The summed E-state index contributed by atoms with van der Waals surface area (Å²) in [5.41, 5.74) is 11.4. The molecule has 1 atom stereocenters. The molecular weight excluding hydrogens is 537 g/mol. The number of rotatable bonds is 7. The van der Waals surface area contributed by atoms with E-state index in [4.69, 9.17) is 20.7 Å². The van der Waals surface area contributed by atoms with E-state index in [9.17, 15) is 9.50 Å². The predicted molar refractivity (Wildman–Crippen MR) is 156 cm³/mol. The molecule has 214 valence electrons. The second-order valence-corrected chi connectivity index (χ2v) is 10.5. The Balaban J connectivity index is 1.32. The van der Waals surface area contributed by atoms with E-state index in [-0.39, 0.29) is 17.6 Å². The maximum absolute atomic E-state index is 14.3. The van der Waals surface area contributed by atoms with Crippen molar-refractivity contribution in [2.75, 3.05) is 38.6 Å². The molecule has 0 amide bonds. The van der Waals surface area contributed by atoms with Gasteiger partial charge in [0, 0.05) is 54.7 Å². The van der Waals surface area contributed by atoms with Crippen molar-refractivity contribution >= 4 is 22.4 Å². The summed E-state index contributed by atoms with van der Waals surface area (Å²) in [7, 11) is 0. The summed E-state index contributed by atoms with van der Waals surface area (Å²) in [5, 5.41) is 20.4. The predicted octanol–water partition coefficient (Wildman–Crippen LogP) is 3.98. The Morgan fingerprint density at radius 1 is 1.02 bits per heavy atom. The lowest BCUT2D eigenvalue weighted by Gasteiger charge is -2.26. The molecule has 6 heterocycles. The maximum atomic E-state index is 14.3. The third kappa shape index (κ3) is 4.64. The van der Waals surface area contributed by atoms with Crippen molar-refractivity contribution in [1.82, 2.24) is 38.8 Å². The molecule has 6 aromatic rings. The first-order valence-corrected chi connectivity index (χ1v) is 13.9. The first-order chi connectivity index (χ1) is 20.5. The lowest BCUT2D eigenvalue weighted by Crippen LogP contribution is -2.38. The summed E-state index contributed by atoms with van der Waals surface area (Å²) >= 11 is 0. The molecule has 0 spiro atoms. The van der Waals surface area contributed by atoms with E-state index in [1.54, 1.807) is 4.68 Å². The summed E-state index contributed by atoms with van der Waals surface area (Å²) in [5.74, 6) is -0.568. The molecular formula is C30H30FN9O2. The summed E-state index contributed by atoms with van der Waals surface area (Å²) in [6, 6.07) is 13.7. The van der Waals surface area contributed by atoms with E-state index in [0.29, 0.717) is 22.3 Å². The average molecular weight is 568 g/mol. The molecule has 1 saturated heterocycles. The number of hydrogen-bond acceptors (Lipinski definition) is 8. The van der Waals surface area contributed by atoms with Crippen LogP contribution in [0.4, 0.5) is 10.2 Å². The summed E-state index contributed by atoms with van der Waals surface area (Å²) in [6.45, 7) is 7.11. The van der Waals surface area contributed by atoms with Gasteiger partial charge in [0.1, 0.15) is 35.1 Å². The second-order valence-electron chi connectivity index (χ2n) is 10.5. The van der Waals surface area contributed by atoms with E-state index < -0.39 is 5.82 Å². The van der Waals surface area contributed by atoms with Gasteiger partial charge in [0.25, 0.3) is 0 Å². The summed E-state index contributed by atoms with van der Waals surface area (Å²) in [4.78, 5) is 11.1. The van der Waals surface area contributed by atoms with Gasteiger partial charge in [-0.1, -0.05) is 6.07 Å². The van der Waals surface area contributed by atoms with Crippen molar-refractivity contribution in [3.63, 3.8) is 0 Å². The largest absolute Gasteiger partial charge is 0.508 e. The van der Waals surface area contributed by atoms with Crippen LogP contribution >= 0.6 is 0 Å². The summed E-state index contributed by atoms with van der Waals surface area (Å²) < 4.78 is 25.6. The van der Waals surface area contributed by atoms with E-state index in [1.807, 2.05) is 42.2 Å². The number of aromatic nitrogens is 7. The topological polar surface area (TPSA) is 125 Å². The molecule has 0 radical (unpaired) electrons. The van der Waals surface area contributed by atoms with Crippen LogP contribution < -0.4 is 5.73 Å². The van der Waals surface area contributed by atoms with Gasteiger partial charge >= 0.3 is 0 Å². The Kier molecular flexibility index (Phi) is 6.56. The number of nitrogens with zero attached hydrogens (tertiary/aromatic N) is 8. The first-order valence-electron chi connectivity index (χ1n) is 13.9. The van der Waals surface area contributed by atoms with E-state index in [1.165, 1.54) is 18.5 Å². The monoisotopic (exact) mass is 567 g/mol. The molecule has 3 N–H and O–H groups in total. The average Bonchev–Trinajstić information content (AvgIpc) is 3.71. The Morgan fingerprint density at radius 3 is 2.71 bits per heavy atom. The van der Waals surface area contributed by atoms with Crippen LogP contribution in [0.2, 0.25) is 0 Å². The van der Waals surface area contributed by atoms with Gasteiger partial charge in [-0.3, -0.25) is 9.58 Å². The number of aromatic hydroxyl groups is 1. The number of anilines is 1. The SMILES string of the molecule is CC(c1cc2ccccn2c1-c1ccn(CCN2CCOCC2)n1)n1nc(-c2cc(O)cc(F)c2)c2c(N)ncnc21. The molecule has 0 bridgehead atoms. The lowest BCUT2D eigenvalue weighted by atomic mass is 10.1. The Labute approximate surface area is 240 Å². The number of fused-ring (bicyclic) bond motifs is 2. The van der Waals surface area contributed by atoms with Crippen molar-refractivity contribution in [2.45, 2.75) is 19.5 Å². The van der Waals surface area contributed by atoms with Gasteiger partial charge < -0.3 is 20.0 Å². The Bertz CT molecular complexity index is 1880. The highest BCUT2D eigenvalue weighted by molar-refractivity contribution is 5.98. The maximum Gasteiger partial charge on any atom is 0.164 e. The first kappa shape index (κ1) is 26.1. The van der Waals surface area contributed by atoms with E-state index in [0.717, 1.165) is 67.9 Å². The molecule has 11 nitrogen and oxygen atoms in total. The smallest absolute Gasteiger partial charge is 0.164 e. The Hall–Kier alpha value is -4.81. The minimum Gasteiger partial charge on any atom is -0.508 e. The van der Waals surface area contributed by atoms with Crippen molar-refractivity contribution in [3.05, 3.63) is 78.6 Å². The van der Waals surface area contributed by atoms with Crippen LogP contribution in [-0.4, -0.2) is 76.8 Å². The van der Waals surface area contributed by atoms with E-state index in [2.05, 4.69) is 31.4 Å². The van der Waals surface area contributed by atoms with Gasteiger partial charge in [0.05, 0.1) is 36.9 Å². The quantitative estimate of drug-likeness (QED) is 0.297. The van der Waals surface area contributed by atoms with Crippen molar-refractivity contribution < 1.29 is 14.2 Å². The van der Waals surface area contributed by atoms with Gasteiger partial charge in [-0.25, -0.2) is 19.0 Å². The van der Waals surface area contributed by atoms with Crippen LogP contribution in [0.1, 0.15) is 18.5 Å². The molecule has 7 rings (SSSR count). The molecule has 1 aromatic carbocycles. The number of nitrogen functional groups attached to an aromatic ring is 1. The van der Waals surface area contributed by atoms with Crippen LogP contribution in [0.25, 0.3) is 39.2 Å². The number of nitrogens with two attached hydrogens (primary N) is 1. The minimum atomic E-state index is -0.582. The molecule has 5 aromatic heterocycles. The molecule has 12 heteroatoms. The number of hydrogen-bond donors (Lipinski definition) is 2. The molecule has 0 aliphatic carbocycles. The van der Waals surface area contributed by atoms with Crippen LogP contribution in [0.3, 0.4) is 0 Å². The molecule has 1 fully saturated rings.